The second-order valence-electron chi connectivity index (χ2n) is 5.61. The number of aliphatic hydroxyl groups excluding tert-OH is 1. The van der Waals surface area contributed by atoms with Crippen molar-refractivity contribution in [1.29, 1.82) is 0 Å². The van der Waals surface area contributed by atoms with E-state index in [9.17, 15) is 5.11 Å². The van der Waals surface area contributed by atoms with Crippen molar-refractivity contribution in [2.75, 3.05) is 13.7 Å². The summed E-state index contributed by atoms with van der Waals surface area (Å²) in [6.07, 6.45) is -0.413. The Kier molecular flexibility index (Phi) is 7.66. The van der Waals surface area contributed by atoms with E-state index in [1.165, 1.54) is 0 Å². The van der Waals surface area contributed by atoms with Gasteiger partial charge in [0.1, 0.15) is 6.61 Å². The lowest BCUT2D eigenvalue weighted by molar-refractivity contribution is 0.191. The first-order valence-electron chi connectivity index (χ1n) is 7.72. The summed E-state index contributed by atoms with van der Waals surface area (Å²) in [5.41, 5.74) is 1.73. The molecule has 136 valence electrons. The molecule has 0 saturated carbocycles. The second-order valence-corrected chi connectivity index (χ2v) is 6.86. The molecule has 0 aliphatic heterocycles. The Bertz CT molecular complexity index is 723. The van der Waals surface area contributed by atoms with Crippen molar-refractivity contribution in [3.63, 3.8) is 0 Å². The lowest BCUT2D eigenvalue weighted by atomic mass is 10.2. The van der Waals surface area contributed by atoms with Crippen molar-refractivity contribution in [2.45, 2.75) is 26.2 Å². The number of benzene rings is 2. The fourth-order valence-corrected chi connectivity index (χ4v) is 2.98. The number of methoxy groups -OCH3 is 1. The van der Waals surface area contributed by atoms with Gasteiger partial charge in [0.05, 0.1) is 18.2 Å². The topological polar surface area (TPSA) is 50.7 Å². The highest BCUT2D eigenvalue weighted by Crippen LogP contribution is 2.37. The van der Waals surface area contributed by atoms with Crippen LogP contribution in [-0.2, 0) is 13.2 Å². The first-order valence-corrected chi connectivity index (χ1v) is 8.86. The van der Waals surface area contributed by atoms with Gasteiger partial charge in [-0.3, -0.25) is 0 Å². The van der Waals surface area contributed by atoms with Gasteiger partial charge in [0.15, 0.2) is 11.5 Å². The van der Waals surface area contributed by atoms with Crippen LogP contribution in [0.15, 0.2) is 30.3 Å². The summed E-state index contributed by atoms with van der Waals surface area (Å²) in [5.74, 6) is 0.987. The molecule has 0 aliphatic carbocycles. The minimum Gasteiger partial charge on any atom is -0.493 e. The summed E-state index contributed by atoms with van der Waals surface area (Å²) < 4.78 is 11.2. The molecule has 1 atom stereocenters. The van der Waals surface area contributed by atoms with E-state index in [0.29, 0.717) is 39.7 Å². The van der Waals surface area contributed by atoms with Crippen LogP contribution in [0.2, 0.25) is 15.1 Å². The van der Waals surface area contributed by atoms with Crippen LogP contribution in [0.4, 0.5) is 0 Å². The van der Waals surface area contributed by atoms with Gasteiger partial charge in [0, 0.05) is 28.7 Å². The Labute approximate surface area is 162 Å². The van der Waals surface area contributed by atoms with Gasteiger partial charge in [-0.25, -0.2) is 0 Å². The molecule has 2 N–H and O–H groups in total. The second kappa shape index (κ2) is 9.51. The van der Waals surface area contributed by atoms with Gasteiger partial charge in [-0.2, -0.15) is 0 Å². The largest absolute Gasteiger partial charge is 0.493 e. The Hall–Kier alpha value is -1.17. The number of rotatable bonds is 8. The standard InChI is InChI=1S/C18H20Cl3NO3/c1-11(23)8-22-9-12-5-16(21)18(17(6-12)24-2)25-10-13-3-4-14(19)7-15(13)20/h3-7,11,22-23H,8-10H2,1-2H3/t11-/m0/s1. The van der Waals surface area contributed by atoms with E-state index in [4.69, 9.17) is 44.3 Å². The SMILES string of the molecule is COc1cc(CNC[C@H](C)O)cc(Cl)c1OCc1ccc(Cl)cc1Cl. The number of nitrogens with one attached hydrogen (secondary N) is 1. The molecule has 2 rings (SSSR count). The smallest absolute Gasteiger partial charge is 0.180 e. The number of ether oxygens (including phenoxy) is 2. The first-order chi connectivity index (χ1) is 11.9. The van der Waals surface area contributed by atoms with Crippen LogP contribution < -0.4 is 14.8 Å². The highest BCUT2D eigenvalue weighted by molar-refractivity contribution is 6.35. The summed E-state index contributed by atoms with van der Waals surface area (Å²) in [5, 5.41) is 14.0. The van der Waals surface area contributed by atoms with E-state index in [0.717, 1.165) is 11.1 Å². The van der Waals surface area contributed by atoms with Crippen LogP contribution in [0.3, 0.4) is 0 Å². The van der Waals surface area contributed by atoms with Crippen LogP contribution in [0.25, 0.3) is 0 Å². The van der Waals surface area contributed by atoms with Crippen molar-refractivity contribution in [3.8, 4) is 11.5 Å². The van der Waals surface area contributed by atoms with E-state index in [1.807, 2.05) is 6.07 Å². The maximum Gasteiger partial charge on any atom is 0.180 e. The molecule has 25 heavy (non-hydrogen) atoms. The summed E-state index contributed by atoms with van der Waals surface area (Å²) in [4.78, 5) is 0. The van der Waals surface area contributed by atoms with Gasteiger partial charge in [-0.1, -0.05) is 40.9 Å². The van der Waals surface area contributed by atoms with Crippen molar-refractivity contribution in [3.05, 3.63) is 56.5 Å². The highest BCUT2D eigenvalue weighted by Gasteiger charge is 2.13. The van der Waals surface area contributed by atoms with E-state index >= 15 is 0 Å². The maximum atomic E-state index is 9.30. The van der Waals surface area contributed by atoms with E-state index in [2.05, 4.69) is 5.32 Å². The van der Waals surface area contributed by atoms with Crippen molar-refractivity contribution in [2.24, 2.45) is 0 Å². The molecule has 0 heterocycles. The van der Waals surface area contributed by atoms with Crippen molar-refractivity contribution >= 4 is 34.8 Å². The predicted molar refractivity (Wildman–Crippen MR) is 102 cm³/mol. The third kappa shape index (κ3) is 5.94. The Morgan fingerprint density at radius 2 is 1.88 bits per heavy atom. The lowest BCUT2D eigenvalue weighted by Gasteiger charge is -2.15. The summed E-state index contributed by atoms with van der Waals surface area (Å²) in [6, 6.07) is 8.87. The molecule has 2 aromatic carbocycles. The fraction of sp³-hybridized carbons (Fsp3) is 0.333. The lowest BCUT2D eigenvalue weighted by Crippen LogP contribution is -2.23. The molecule has 4 nitrogen and oxygen atoms in total. The van der Waals surface area contributed by atoms with Crippen LogP contribution in [0.5, 0.6) is 11.5 Å². The molecule has 0 unspecified atom stereocenters. The zero-order valence-corrected chi connectivity index (χ0v) is 16.3. The van der Waals surface area contributed by atoms with Gasteiger partial charge in [0.25, 0.3) is 0 Å². The number of hydrogen-bond acceptors (Lipinski definition) is 4. The van der Waals surface area contributed by atoms with Gasteiger partial charge < -0.3 is 19.9 Å². The summed E-state index contributed by atoms with van der Waals surface area (Å²) >= 11 is 18.4. The molecule has 0 fully saturated rings. The average molecular weight is 405 g/mol. The molecule has 0 aromatic heterocycles. The fourth-order valence-electron chi connectivity index (χ4n) is 2.23. The van der Waals surface area contributed by atoms with Gasteiger partial charge >= 0.3 is 0 Å². The van der Waals surface area contributed by atoms with Crippen molar-refractivity contribution in [1.82, 2.24) is 5.32 Å². The van der Waals surface area contributed by atoms with E-state index in [1.54, 1.807) is 38.3 Å². The predicted octanol–water partition coefficient (Wildman–Crippen LogP) is 4.70. The quantitative estimate of drug-likeness (QED) is 0.669. The molecule has 2 aromatic rings. The van der Waals surface area contributed by atoms with Gasteiger partial charge in [-0.15, -0.1) is 0 Å². The molecule has 0 spiro atoms. The molecule has 0 amide bonds. The average Bonchev–Trinajstić information content (AvgIpc) is 2.54. The number of aliphatic hydroxyl groups is 1. The molecule has 7 heteroatoms. The number of hydrogen-bond donors (Lipinski definition) is 2. The molecule has 0 radical (unpaired) electrons. The van der Waals surface area contributed by atoms with Crippen LogP contribution in [0.1, 0.15) is 18.1 Å². The molecular formula is C18H20Cl3NO3. The minimum atomic E-state index is -0.413. The monoisotopic (exact) mass is 403 g/mol. The third-order valence-corrected chi connectivity index (χ3v) is 4.31. The molecule has 0 aliphatic rings. The summed E-state index contributed by atoms with van der Waals surface area (Å²) in [7, 11) is 1.56. The zero-order valence-electron chi connectivity index (χ0n) is 14.0. The summed E-state index contributed by atoms with van der Waals surface area (Å²) in [6.45, 7) is 3.02. The zero-order chi connectivity index (χ0) is 18.4. The first kappa shape index (κ1) is 20.1. The highest BCUT2D eigenvalue weighted by atomic mass is 35.5. The normalized spacial score (nSPS) is 12.1. The van der Waals surface area contributed by atoms with E-state index < -0.39 is 6.10 Å². The number of halogens is 3. The third-order valence-electron chi connectivity index (χ3n) is 3.45. The van der Waals surface area contributed by atoms with Gasteiger partial charge in [0.2, 0.25) is 0 Å². The molecule has 0 saturated heterocycles. The maximum absolute atomic E-state index is 9.30. The van der Waals surface area contributed by atoms with E-state index in [-0.39, 0.29) is 6.61 Å². The van der Waals surface area contributed by atoms with Crippen molar-refractivity contribution < 1.29 is 14.6 Å². The Morgan fingerprint density at radius 1 is 1.12 bits per heavy atom. The molecule has 0 bridgehead atoms. The Morgan fingerprint density at radius 3 is 2.52 bits per heavy atom. The van der Waals surface area contributed by atoms with Crippen LogP contribution in [0, 0.1) is 0 Å². The van der Waals surface area contributed by atoms with Crippen LogP contribution >= 0.6 is 34.8 Å². The minimum absolute atomic E-state index is 0.242. The Balaban J connectivity index is 2.11. The van der Waals surface area contributed by atoms with Crippen LogP contribution in [-0.4, -0.2) is 24.9 Å². The van der Waals surface area contributed by atoms with Gasteiger partial charge in [-0.05, 0) is 36.8 Å². The molecular weight excluding hydrogens is 385 g/mol.